The summed E-state index contributed by atoms with van der Waals surface area (Å²) in [6, 6.07) is -0.624. The fraction of sp³-hybridized carbons (Fsp3) is 0.944. The zero-order valence-electron chi connectivity index (χ0n) is 52.5. The third-order valence-corrected chi connectivity index (χ3v) is 16.8. The molecule has 0 bridgehead atoms. The van der Waals surface area contributed by atoms with E-state index in [2.05, 4.69) is 19.2 Å². The standard InChI is InChI=1S/C71H139NO5/c1-3-5-7-9-11-13-15-17-19-37-41-45-49-53-57-61-65-71(76)77-66-62-58-54-50-46-42-38-34-32-30-28-26-24-22-20-21-23-25-27-29-31-33-36-40-44-48-52-56-60-64-70(75)72-68(67-73)69(74)63-59-55-51-47-43-39-35-18-16-14-12-10-8-6-4-2/h59,63,68-69,73-74H,3-58,60-62,64-67H2,1-2H3,(H,72,75)/b63-59+. The Hall–Kier alpha value is -1.40. The Kier molecular flexibility index (Phi) is 65.9. The van der Waals surface area contributed by atoms with Crippen molar-refractivity contribution in [3.8, 4) is 0 Å². The van der Waals surface area contributed by atoms with Crippen molar-refractivity contribution in [2.75, 3.05) is 13.2 Å². The molecular weight excluding hydrogens is 947 g/mol. The van der Waals surface area contributed by atoms with Gasteiger partial charge in [-0.05, 0) is 32.1 Å². The summed E-state index contributed by atoms with van der Waals surface area (Å²) in [5.41, 5.74) is 0. The summed E-state index contributed by atoms with van der Waals surface area (Å²) in [5.74, 6) is -0.0379. The van der Waals surface area contributed by atoms with E-state index in [-0.39, 0.29) is 18.5 Å². The number of esters is 1. The first-order chi connectivity index (χ1) is 38.0. The molecular formula is C71H139NO5. The van der Waals surface area contributed by atoms with Crippen molar-refractivity contribution in [3.05, 3.63) is 12.2 Å². The van der Waals surface area contributed by atoms with Gasteiger partial charge in [-0.1, -0.05) is 373 Å². The predicted molar refractivity (Wildman–Crippen MR) is 338 cm³/mol. The number of amides is 1. The average molecular weight is 1090 g/mol. The van der Waals surface area contributed by atoms with Crippen LogP contribution in [0.5, 0.6) is 0 Å². The van der Waals surface area contributed by atoms with Gasteiger partial charge in [0.15, 0.2) is 0 Å². The van der Waals surface area contributed by atoms with Gasteiger partial charge in [0.1, 0.15) is 0 Å². The molecule has 0 radical (unpaired) electrons. The normalized spacial score (nSPS) is 12.5. The van der Waals surface area contributed by atoms with Crippen molar-refractivity contribution < 1.29 is 24.5 Å². The zero-order chi connectivity index (χ0) is 55.7. The van der Waals surface area contributed by atoms with Crippen molar-refractivity contribution in [2.45, 2.75) is 418 Å². The first-order valence-electron chi connectivity index (χ1n) is 35.5. The highest BCUT2D eigenvalue weighted by atomic mass is 16.5. The summed E-state index contributed by atoms with van der Waals surface area (Å²) < 4.78 is 5.51. The van der Waals surface area contributed by atoms with Gasteiger partial charge in [-0.25, -0.2) is 0 Å². The molecule has 0 aromatic rings. The molecule has 0 aliphatic rings. The molecule has 3 N–H and O–H groups in total. The molecule has 0 fully saturated rings. The molecule has 0 saturated heterocycles. The van der Waals surface area contributed by atoms with E-state index >= 15 is 0 Å². The summed E-state index contributed by atoms with van der Waals surface area (Å²) in [6.45, 7) is 4.95. The fourth-order valence-electron chi connectivity index (χ4n) is 11.4. The molecule has 458 valence electrons. The van der Waals surface area contributed by atoms with Gasteiger partial charge in [-0.2, -0.15) is 0 Å². The number of aliphatic hydroxyl groups excluding tert-OH is 2. The highest BCUT2D eigenvalue weighted by molar-refractivity contribution is 5.76. The van der Waals surface area contributed by atoms with Gasteiger partial charge in [0.25, 0.3) is 0 Å². The molecule has 0 aromatic carbocycles. The van der Waals surface area contributed by atoms with E-state index in [0.29, 0.717) is 19.4 Å². The minimum Gasteiger partial charge on any atom is -0.466 e. The van der Waals surface area contributed by atoms with Gasteiger partial charge in [-0.15, -0.1) is 0 Å². The van der Waals surface area contributed by atoms with Crippen LogP contribution in [0.25, 0.3) is 0 Å². The fourth-order valence-corrected chi connectivity index (χ4v) is 11.4. The summed E-state index contributed by atoms with van der Waals surface area (Å²) in [6.07, 6.45) is 83.0. The zero-order valence-corrected chi connectivity index (χ0v) is 52.5. The van der Waals surface area contributed by atoms with Crippen molar-refractivity contribution in [1.29, 1.82) is 0 Å². The Labute approximate surface area is 482 Å². The largest absolute Gasteiger partial charge is 0.466 e. The summed E-state index contributed by atoms with van der Waals surface area (Å²) in [5, 5.41) is 23.2. The third kappa shape index (κ3) is 63.6. The highest BCUT2D eigenvalue weighted by Crippen LogP contribution is 2.19. The van der Waals surface area contributed by atoms with Crippen LogP contribution in [0.4, 0.5) is 0 Å². The second-order valence-corrected chi connectivity index (χ2v) is 24.6. The molecule has 1 amide bonds. The molecule has 6 heteroatoms. The molecule has 77 heavy (non-hydrogen) atoms. The molecule has 0 spiro atoms. The summed E-state index contributed by atoms with van der Waals surface area (Å²) in [4.78, 5) is 24.6. The van der Waals surface area contributed by atoms with Gasteiger partial charge in [0.05, 0.1) is 25.4 Å². The first kappa shape index (κ1) is 75.6. The Bertz CT molecular complexity index is 1160. The van der Waals surface area contributed by atoms with Crippen LogP contribution in [0.3, 0.4) is 0 Å². The molecule has 0 saturated carbocycles. The van der Waals surface area contributed by atoms with E-state index in [4.69, 9.17) is 4.74 Å². The SMILES string of the molecule is CCCCCCCCCCCCCCC/C=C/C(O)C(CO)NC(=O)CCCCCCCCCCCCCCCCCCCCCCCCCCCCCCCOC(=O)CCCCCCCCCCCCCCCCCC. The first-order valence-corrected chi connectivity index (χ1v) is 35.5. The second-order valence-electron chi connectivity index (χ2n) is 24.6. The molecule has 0 rings (SSSR count). The number of unbranched alkanes of at least 4 members (excludes halogenated alkanes) is 56. The number of carbonyl (C=O) groups excluding carboxylic acids is 2. The Morgan fingerprint density at radius 2 is 0.597 bits per heavy atom. The lowest BCUT2D eigenvalue weighted by Crippen LogP contribution is -2.45. The Morgan fingerprint density at radius 3 is 0.883 bits per heavy atom. The molecule has 2 atom stereocenters. The van der Waals surface area contributed by atoms with E-state index in [0.717, 1.165) is 38.5 Å². The second kappa shape index (κ2) is 67.1. The highest BCUT2D eigenvalue weighted by Gasteiger charge is 2.18. The number of allylic oxidation sites excluding steroid dienone is 1. The number of hydrogen-bond donors (Lipinski definition) is 3. The van der Waals surface area contributed by atoms with Gasteiger partial charge < -0.3 is 20.3 Å². The lowest BCUT2D eigenvalue weighted by molar-refractivity contribution is -0.143. The smallest absolute Gasteiger partial charge is 0.305 e. The molecule has 0 aliphatic heterocycles. The number of aliphatic hydroxyl groups is 2. The van der Waals surface area contributed by atoms with Crippen LogP contribution >= 0.6 is 0 Å². The van der Waals surface area contributed by atoms with Crippen LogP contribution in [0.15, 0.2) is 12.2 Å². The summed E-state index contributed by atoms with van der Waals surface area (Å²) in [7, 11) is 0. The van der Waals surface area contributed by atoms with Gasteiger partial charge >= 0.3 is 5.97 Å². The van der Waals surface area contributed by atoms with Gasteiger partial charge in [0, 0.05) is 12.8 Å². The average Bonchev–Trinajstić information content (AvgIpc) is 3.43. The molecule has 0 aliphatic carbocycles. The number of nitrogens with one attached hydrogen (secondary N) is 1. The van der Waals surface area contributed by atoms with Gasteiger partial charge in [-0.3, -0.25) is 9.59 Å². The molecule has 6 nitrogen and oxygen atoms in total. The quantitative estimate of drug-likeness (QED) is 0.0320. The molecule has 0 aromatic heterocycles. The van der Waals surface area contributed by atoms with E-state index in [1.807, 2.05) is 6.08 Å². The number of rotatable bonds is 67. The van der Waals surface area contributed by atoms with E-state index in [1.54, 1.807) is 6.08 Å². The number of ether oxygens (including phenoxy) is 1. The maximum Gasteiger partial charge on any atom is 0.305 e. The maximum absolute atomic E-state index is 12.5. The van der Waals surface area contributed by atoms with Gasteiger partial charge in [0.2, 0.25) is 5.91 Å². The topological polar surface area (TPSA) is 95.9 Å². The monoisotopic (exact) mass is 1090 g/mol. The van der Waals surface area contributed by atoms with Crippen molar-refractivity contribution in [3.63, 3.8) is 0 Å². The van der Waals surface area contributed by atoms with Crippen LogP contribution in [0.2, 0.25) is 0 Å². The van der Waals surface area contributed by atoms with E-state index in [1.165, 1.54) is 340 Å². The van der Waals surface area contributed by atoms with E-state index < -0.39 is 12.1 Å². The predicted octanol–water partition coefficient (Wildman–Crippen LogP) is 22.8. The maximum atomic E-state index is 12.5. The van der Waals surface area contributed by atoms with Crippen molar-refractivity contribution in [2.24, 2.45) is 0 Å². The minimum absolute atomic E-state index is 0.0235. The summed E-state index contributed by atoms with van der Waals surface area (Å²) >= 11 is 0. The van der Waals surface area contributed by atoms with Crippen LogP contribution in [-0.2, 0) is 14.3 Å². The molecule has 0 heterocycles. The number of carbonyl (C=O) groups is 2. The Morgan fingerprint density at radius 1 is 0.351 bits per heavy atom. The minimum atomic E-state index is -0.841. The number of hydrogen-bond acceptors (Lipinski definition) is 5. The van der Waals surface area contributed by atoms with Crippen LogP contribution in [0, 0.1) is 0 Å². The van der Waals surface area contributed by atoms with Crippen molar-refractivity contribution in [1.82, 2.24) is 5.32 Å². The van der Waals surface area contributed by atoms with E-state index in [9.17, 15) is 19.8 Å². The Balaban J connectivity index is 3.33. The lowest BCUT2D eigenvalue weighted by atomic mass is 10.0. The van der Waals surface area contributed by atoms with Crippen molar-refractivity contribution >= 4 is 11.9 Å². The lowest BCUT2D eigenvalue weighted by Gasteiger charge is -2.20. The van der Waals surface area contributed by atoms with Crippen LogP contribution in [-0.4, -0.2) is 47.4 Å². The van der Waals surface area contributed by atoms with Crippen LogP contribution in [0.1, 0.15) is 406 Å². The third-order valence-electron chi connectivity index (χ3n) is 16.8. The van der Waals surface area contributed by atoms with Crippen LogP contribution < -0.4 is 5.32 Å². The molecule has 2 unspecified atom stereocenters.